The molecule has 2 fully saturated rings. The number of halogens is 1. The Morgan fingerprint density at radius 2 is 1.71 bits per heavy atom. The molecule has 1 aliphatic carbocycles. The van der Waals surface area contributed by atoms with Crippen molar-refractivity contribution >= 4 is 39.3 Å². The Morgan fingerprint density at radius 1 is 1.07 bits per heavy atom. The third-order valence-corrected chi connectivity index (χ3v) is 8.00. The highest BCUT2D eigenvalue weighted by atomic mass is 32.2. The normalized spacial score (nSPS) is 22.4. The quantitative estimate of drug-likeness (QED) is 0.356. The van der Waals surface area contributed by atoms with Crippen molar-refractivity contribution in [2.24, 2.45) is 0 Å². The van der Waals surface area contributed by atoms with Gasteiger partial charge in [-0.2, -0.15) is 8.42 Å². The second-order valence-electron chi connectivity index (χ2n) is 10.0. The first kappa shape index (κ1) is 30.7. The van der Waals surface area contributed by atoms with Gasteiger partial charge in [-0.25, -0.2) is 9.18 Å². The highest BCUT2D eigenvalue weighted by molar-refractivity contribution is 7.86. The van der Waals surface area contributed by atoms with Gasteiger partial charge in [0.15, 0.2) is 0 Å². The number of aliphatic carboxylic acids is 2. The molecule has 0 saturated carbocycles. The fraction of sp³-hybridized carbons (Fsp3) is 0.321. The number of hydrogen-bond acceptors (Lipinski definition) is 8. The van der Waals surface area contributed by atoms with E-state index in [0.717, 1.165) is 24.8 Å². The average Bonchev–Trinajstić information content (AvgIpc) is 3.36. The maximum absolute atomic E-state index is 13.4. The van der Waals surface area contributed by atoms with E-state index in [2.05, 4.69) is 10.2 Å². The zero-order valence-corrected chi connectivity index (χ0v) is 23.4. The lowest BCUT2D eigenvalue weighted by Crippen LogP contribution is -2.42. The third-order valence-electron chi connectivity index (χ3n) is 7.06. The van der Waals surface area contributed by atoms with Gasteiger partial charge in [-0.05, 0) is 55.0 Å². The van der Waals surface area contributed by atoms with Crippen molar-refractivity contribution in [2.45, 2.75) is 24.3 Å². The molecular formula is C28H30FN3O9S. The lowest BCUT2D eigenvalue weighted by atomic mass is 9.71. The first-order valence-electron chi connectivity index (χ1n) is 12.9. The SMILES string of the molecule is CC1=CC(C(=O)O)(c2cccc(F)c2)CC(C(=O)O)=C1.O=C1CN(c2ccc(N3CCOCC3)cc2)C(S(=O)(=O)O)N1. The Labute approximate surface area is 241 Å². The Kier molecular flexibility index (Phi) is 8.99. The molecule has 0 spiro atoms. The van der Waals surface area contributed by atoms with Crippen molar-refractivity contribution < 1.29 is 46.7 Å². The van der Waals surface area contributed by atoms with Crippen LogP contribution in [0.4, 0.5) is 15.8 Å². The lowest BCUT2D eigenvalue weighted by Gasteiger charge is -2.30. The number of allylic oxidation sites excluding steroid dienone is 2. The molecule has 1 amide bonds. The van der Waals surface area contributed by atoms with E-state index in [1.165, 1.54) is 35.3 Å². The number of nitrogens with one attached hydrogen (secondary N) is 1. The number of carboxylic acid groups (broad SMARTS) is 2. The minimum atomic E-state index is -4.40. The van der Waals surface area contributed by atoms with E-state index in [4.69, 9.17) is 9.84 Å². The third kappa shape index (κ3) is 6.78. The molecular weight excluding hydrogens is 573 g/mol. The molecule has 5 rings (SSSR count). The van der Waals surface area contributed by atoms with Crippen LogP contribution in [0.2, 0.25) is 0 Å². The molecule has 12 nitrogen and oxygen atoms in total. The van der Waals surface area contributed by atoms with Crippen LogP contribution in [0, 0.1) is 5.82 Å². The van der Waals surface area contributed by atoms with Gasteiger partial charge in [-0.3, -0.25) is 14.1 Å². The molecule has 2 saturated heterocycles. The van der Waals surface area contributed by atoms with E-state index in [1.807, 2.05) is 12.1 Å². The van der Waals surface area contributed by atoms with Gasteiger partial charge < -0.3 is 30.1 Å². The molecule has 0 aromatic heterocycles. The molecule has 0 radical (unpaired) electrons. The molecule has 224 valence electrons. The van der Waals surface area contributed by atoms with Crippen molar-refractivity contribution in [3.05, 3.63) is 83.2 Å². The molecule has 2 atom stereocenters. The van der Waals surface area contributed by atoms with Gasteiger partial charge in [0, 0.05) is 36.5 Å². The van der Waals surface area contributed by atoms with Gasteiger partial charge in [0.05, 0.1) is 19.8 Å². The number of hydrogen-bond donors (Lipinski definition) is 4. The zero-order chi connectivity index (χ0) is 30.7. The van der Waals surface area contributed by atoms with E-state index < -0.39 is 44.7 Å². The predicted octanol–water partition coefficient (Wildman–Crippen LogP) is 2.14. The van der Waals surface area contributed by atoms with Gasteiger partial charge in [0.25, 0.3) is 0 Å². The van der Waals surface area contributed by atoms with E-state index >= 15 is 0 Å². The monoisotopic (exact) mass is 603 g/mol. The number of morpholine rings is 1. The van der Waals surface area contributed by atoms with Crippen molar-refractivity contribution in [3.8, 4) is 0 Å². The minimum Gasteiger partial charge on any atom is -0.480 e. The van der Waals surface area contributed by atoms with Gasteiger partial charge in [-0.1, -0.05) is 23.8 Å². The first-order chi connectivity index (χ1) is 19.8. The summed E-state index contributed by atoms with van der Waals surface area (Å²) in [4.78, 5) is 37.8. The molecule has 42 heavy (non-hydrogen) atoms. The molecule has 2 heterocycles. The number of nitrogens with zero attached hydrogens (tertiary/aromatic N) is 2. The molecule has 2 aromatic rings. The number of rotatable bonds is 6. The summed E-state index contributed by atoms with van der Waals surface area (Å²) in [7, 11) is -4.40. The molecule has 0 bridgehead atoms. The summed E-state index contributed by atoms with van der Waals surface area (Å²) in [6.07, 6.45) is 2.69. The van der Waals surface area contributed by atoms with E-state index in [-0.39, 0.29) is 24.1 Å². The van der Waals surface area contributed by atoms with Gasteiger partial charge >= 0.3 is 22.1 Å². The molecule has 2 unspecified atom stereocenters. The second kappa shape index (κ2) is 12.3. The summed E-state index contributed by atoms with van der Waals surface area (Å²) in [5.74, 6) is -3.37. The van der Waals surface area contributed by atoms with Crippen molar-refractivity contribution in [1.29, 1.82) is 0 Å². The highest BCUT2D eigenvalue weighted by Gasteiger charge is 2.42. The number of carbonyl (C=O) groups is 3. The smallest absolute Gasteiger partial charge is 0.331 e. The molecule has 2 aromatic carbocycles. The number of carbonyl (C=O) groups excluding carboxylic acids is 1. The van der Waals surface area contributed by atoms with Gasteiger partial charge in [0.1, 0.15) is 11.2 Å². The average molecular weight is 604 g/mol. The summed E-state index contributed by atoms with van der Waals surface area (Å²) in [6, 6.07) is 12.5. The molecule has 4 N–H and O–H groups in total. The fourth-order valence-corrected chi connectivity index (χ4v) is 5.89. The fourth-order valence-electron chi connectivity index (χ4n) is 5.09. The predicted molar refractivity (Wildman–Crippen MR) is 150 cm³/mol. The van der Waals surface area contributed by atoms with Crippen LogP contribution in [-0.4, -0.2) is 79.4 Å². The van der Waals surface area contributed by atoms with Crippen molar-refractivity contribution in [2.75, 3.05) is 42.6 Å². The zero-order valence-electron chi connectivity index (χ0n) is 22.6. The van der Waals surface area contributed by atoms with Crippen LogP contribution in [0.3, 0.4) is 0 Å². The summed E-state index contributed by atoms with van der Waals surface area (Å²) >= 11 is 0. The van der Waals surface area contributed by atoms with Crippen molar-refractivity contribution in [1.82, 2.24) is 5.32 Å². The van der Waals surface area contributed by atoms with Crippen LogP contribution in [0.25, 0.3) is 0 Å². The van der Waals surface area contributed by atoms with Crippen LogP contribution >= 0.6 is 0 Å². The van der Waals surface area contributed by atoms with E-state index in [9.17, 15) is 36.9 Å². The number of anilines is 2. The van der Waals surface area contributed by atoms with Crippen LogP contribution < -0.4 is 15.1 Å². The largest absolute Gasteiger partial charge is 0.480 e. The lowest BCUT2D eigenvalue weighted by molar-refractivity contribution is -0.142. The highest BCUT2D eigenvalue weighted by Crippen LogP contribution is 2.38. The summed E-state index contributed by atoms with van der Waals surface area (Å²) in [5, 5.41) is 20.9. The minimum absolute atomic E-state index is 0.00309. The summed E-state index contributed by atoms with van der Waals surface area (Å²) in [5.41, 5.74) is -0.663. The van der Waals surface area contributed by atoms with Crippen LogP contribution in [0.5, 0.6) is 0 Å². The Balaban J connectivity index is 0.000000194. The van der Waals surface area contributed by atoms with Crippen molar-refractivity contribution in [3.63, 3.8) is 0 Å². The maximum atomic E-state index is 13.4. The number of ether oxygens (including phenoxy) is 1. The van der Waals surface area contributed by atoms with E-state index in [1.54, 1.807) is 19.1 Å². The summed E-state index contributed by atoms with van der Waals surface area (Å²) in [6.45, 7) is 4.47. The standard InChI is InChI=1S/C15H13FO4.C13H17N3O5S/c1-9-5-10(13(17)18)8-15(7-9,14(19)20)11-3-2-4-12(16)6-11;17-12-9-16(13(14-12)22(18,19)20)11-3-1-10(2-4-11)15-5-7-21-8-6-15/h2-7H,8H2,1H3,(H,17,18)(H,19,20);1-4,13H,5-9H2,(H,14,17)(H,18,19,20). The molecule has 3 aliphatic rings. The number of amides is 1. The summed E-state index contributed by atoms with van der Waals surface area (Å²) < 4.78 is 50.6. The Bertz CT molecular complexity index is 1540. The Hall–Kier alpha value is -4.27. The van der Waals surface area contributed by atoms with Crippen LogP contribution in [0.1, 0.15) is 18.9 Å². The van der Waals surface area contributed by atoms with E-state index in [0.29, 0.717) is 24.5 Å². The van der Waals surface area contributed by atoms with Crippen LogP contribution in [-0.2, 0) is 34.7 Å². The second-order valence-corrected chi connectivity index (χ2v) is 11.5. The van der Waals surface area contributed by atoms with Gasteiger partial charge in [-0.15, -0.1) is 0 Å². The molecule has 2 aliphatic heterocycles. The maximum Gasteiger partial charge on any atom is 0.331 e. The molecule has 14 heteroatoms. The topological polar surface area (TPSA) is 174 Å². The number of carboxylic acids is 2. The first-order valence-corrected chi connectivity index (χ1v) is 14.4. The number of benzene rings is 2. The van der Waals surface area contributed by atoms with Crippen LogP contribution in [0.15, 0.2) is 71.8 Å². The van der Waals surface area contributed by atoms with Gasteiger partial charge in [0.2, 0.25) is 11.4 Å². The Morgan fingerprint density at radius 3 is 2.29 bits per heavy atom.